The highest BCUT2D eigenvalue weighted by Crippen LogP contribution is 2.37. The predicted octanol–water partition coefficient (Wildman–Crippen LogP) is 6.95. The van der Waals surface area contributed by atoms with E-state index in [1.807, 2.05) is 24.7 Å². The Morgan fingerprint density at radius 2 is 1.50 bits per heavy atom. The standard InChI is InChI=1S/C28H20N4/c1-16-12-21-18-6-3-4-7-24(18)31-25(21)15-20(16)19-14-22-23(13-17(19)2)28-30-10-11-32(28)26-8-5-9-29-27(22)26/h3-15,31H,1-2H3. The number of imidazole rings is 1. The summed E-state index contributed by atoms with van der Waals surface area (Å²) in [4.78, 5) is 13.0. The van der Waals surface area contributed by atoms with Gasteiger partial charge in [-0.25, -0.2) is 4.98 Å². The molecule has 4 aromatic heterocycles. The number of pyridine rings is 2. The van der Waals surface area contributed by atoms with Crippen LogP contribution in [0.3, 0.4) is 0 Å². The fourth-order valence-electron chi connectivity index (χ4n) is 5.17. The summed E-state index contributed by atoms with van der Waals surface area (Å²) in [7, 11) is 0. The van der Waals surface area contributed by atoms with Crippen LogP contribution in [0, 0.1) is 13.8 Å². The van der Waals surface area contributed by atoms with Gasteiger partial charge in [0.1, 0.15) is 5.65 Å². The molecule has 4 heteroatoms. The molecule has 1 N–H and O–H groups in total. The number of aromatic nitrogens is 4. The van der Waals surface area contributed by atoms with Gasteiger partial charge >= 0.3 is 0 Å². The van der Waals surface area contributed by atoms with Gasteiger partial charge in [-0.3, -0.25) is 9.38 Å². The molecule has 3 aromatic carbocycles. The first-order chi connectivity index (χ1) is 15.7. The van der Waals surface area contributed by atoms with Gasteiger partial charge in [0.15, 0.2) is 0 Å². The number of hydrogen-bond donors (Lipinski definition) is 1. The maximum atomic E-state index is 4.75. The van der Waals surface area contributed by atoms with E-state index in [4.69, 9.17) is 4.98 Å². The van der Waals surface area contributed by atoms with Gasteiger partial charge in [0.05, 0.1) is 11.0 Å². The molecule has 0 fully saturated rings. The molecule has 0 spiro atoms. The summed E-state index contributed by atoms with van der Waals surface area (Å²) < 4.78 is 2.13. The van der Waals surface area contributed by atoms with Crippen LogP contribution in [0.4, 0.5) is 0 Å². The normalized spacial score (nSPS) is 12.1. The van der Waals surface area contributed by atoms with Crippen molar-refractivity contribution in [3.8, 4) is 11.1 Å². The monoisotopic (exact) mass is 412 g/mol. The number of fused-ring (bicyclic) bond motifs is 9. The highest BCUT2D eigenvalue weighted by molar-refractivity contribution is 6.12. The number of H-pyrrole nitrogens is 1. The molecule has 32 heavy (non-hydrogen) atoms. The molecule has 7 rings (SSSR count). The Morgan fingerprint density at radius 1 is 0.688 bits per heavy atom. The summed E-state index contributed by atoms with van der Waals surface area (Å²) in [5.74, 6) is 0. The molecule has 0 aliphatic carbocycles. The molecule has 0 aliphatic heterocycles. The van der Waals surface area contributed by atoms with Gasteiger partial charge in [0, 0.05) is 51.2 Å². The van der Waals surface area contributed by atoms with E-state index in [0.29, 0.717) is 0 Å². The molecule has 4 heterocycles. The van der Waals surface area contributed by atoms with Crippen LogP contribution in [0.1, 0.15) is 11.1 Å². The summed E-state index contributed by atoms with van der Waals surface area (Å²) in [6.07, 6.45) is 5.74. The van der Waals surface area contributed by atoms with Gasteiger partial charge in [0.25, 0.3) is 0 Å². The van der Waals surface area contributed by atoms with Crippen LogP contribution in [-0.4, -0.2) is 19.4 Å². The number of rotatable bonds is 1. The van der Waals surface area contributed by atoms with E-state index in [0.717, 1.165) is 33.0 Å². The molecule has 0 atom stereocenters. The second-order valence-corrected chi connectivity index (χ2v) is 8.59. The lowest BCUT2D eigenvalue weighted by atomic mass is 9.92. The summed E-state index contributed by atoms with van der Waals surface area (Å²) >= 11 is 0. The van der Waals surface area contributed by atoms with Crippen molar-refractivity contribution in [1.29, 1.82) is 0 Å². The van der Waals surface area contributed by atoms with Gasteiger partial charge in [-0.15, -0.1) is 0 Å². The minimum Gasteiger partial charge on any atom is -0.354 e. The van der Waals surface area contributed by atoms with Crippen LogP contribution in [0.5, 0.6) is 0 Å². The molecular weight excluding hydrogens is 392 g/mol. The summed E-state index contributed by atoms with van der Waals surface area (Å²) in [5.41, 5.74) is 10.4. The molecule has 7 aromatic rings. The van der Waals surface area contributed by atoms with Crippen molar-refractivity contribution < 1.29 is 0 Å². The van der Waals surface area contributed by atoms with E-state index >= 15 is 0 Å². The number of para-hydroxylation sites is 1. The van der Waals surface area contributed by atoms with Crippen LogP contribution in [0.25, 0.3) is 60.4 Å². The van der Waals surface area contributed by atoms with Crippen LogP contribution in [-0.2, 0) is 0 Å². The fourth-order valence-corrected chi connectivity index (χ4v) is 5.17. The van der Waals surface area contributed by atoms with Crippen LogP contribution in [0.2, 0.25) is 0 Å². The van der Waals surface area contributed by atoms with E-state index < -0.39 is 0 Å². The van der Waals surface area contributed by atoms with Crippen molar-refractivity contribution >= 4 is 49.3 Å². The Bertz CT molecular complexity index is 1850. The number of aromatic amines is 1. The summed E-state index contributed by atoms with van der Waals surface area (Å²) in [6.45, 7) is 4.39. The molecule has 4 nitrogen and oxygen atoms in total. The van der Waals surface area contributed by atoms with Crippen molar-refractivity contribution in [3.63, 3.8) is 0 Å². The topological polar surface area (TPSA) is 46.0 Å². The molecule has 0 bridgehead atoms. The van der Waals surface area contributed by atoms with Crippen molar-refractivity contribution in [1.82, 2.24) is 19.4 Å². The van der Waals surface area contributed by atoms with E-state index in [1.54, 1.807) is 0 Å². The Morgan fingerprint density at radius 3 is 2.41 bits per heavy atom. The lowest BCUT2D eigenvalue weighted by molar-refractivity contribution is 1.25. The second-order valence-electron chi connectivity index (χ2n) is 8.59. The number of nitrogens with zero attached hydrogens (tertiary/aromatic N) is 3. The first-order valence-electron chi connectivity index (χ1n) is 10.8. The molecular formula is C28H20N4. The smallest absolute Gasteiger partial charge is 0.145 e. The highest BCUT2D eigenvalue weighted by Gasteiger charge is 2.15. The van der Waals surface area contributed by atoms with Crippen LogP contribution >= 0.6 is 0 Å². The molecule has 0 radical (unpaired) electrons. The zero-order valence-electron chi connectivity index (χ0n) is 17.8. The van der Waals surface area contributed by atoms with Gasteiger partial charge in [-0.2, -0.15) is 0 Å². The van der Waals surface area contributed by atoms with Crippen molar-refractivity contribution in [3.05, 3.63) is 90.4 Å². The maximum Gasteiger partial charge on any atom is 0.145 e. The largest absolute Gasteiger partial charge is 0.354 e. The number of aryl methyl sites for hydroxylation is 2. The number of nitrogens with one attached hydrogen (secondary N) is 1. The Balaban J connectivity index is 1.58. The molecule has 0 saturated heterocycles. The van der Waals surface area contributed by atoms with Crippen molar-refractivity contribution in [2.45, 2.75) is 13.8 Å². The average Bonchev–Trinajstić information content (AvgIpc) is 3.44. The van der Waals surface area contributed by atoms with Gasteiger partial charge in [-0.1, -0.05) is 18.2 Å². The highest BCUT2D eigenvalue weighted by atomic mass is 15.0. The third-order valence-corrected chi connectivity index (χ3v) is 6.69. The van der Waals surface area contributed by atoms with E-state index in [-0.39, 0.29) is 0 Å². The van der Waals surface area contributed by atoms with Crippen LogP contribution < -0.4 is 0 Å². The van der Waals surface area contributed by atoms with Gasteiger partial charge in [-0.05, 0) is 78.6 Å². The first-order valence-corrected chi connectivity index (χ1v) is 10.8. The van der Waals surface area contributed by atoms with E-state index in [2.05, 4.69) is 82.8 Å². The zero-order chi connectivity index (χ0) is 21.4. The quantitative estimate of drug-likeness (QED) is 0.296. The Hall–Kier alpha value is -4.18. The van der Waals surface area contributed by atoms with Gasteiger partial charge < -0.3 is 4.98 Å². The number of benzene rings is 3. The Labute approximate surface area is 184 Å². The molecule has 152 valence electrons. The third kappa shape index (κ3) is 2.26. The molecule has 0 saturated carbocycles. The minimum absolute atomic E-state index is 0.970. The van der Waals surface area contributed by atoms with Crippen molar-refractivity contribution in [2.24, 2.45) is 0 Å². The SMILES string of the molecule is Cc1cc2c(cc1-c1cc3c(cc1C)c1nccn1c1cccnc31)[nH]c1ccccc12. The number of hydrogen-bond acceptors (Lipinski definition) is 2. The maximum absolute atomic E-state index is 4.75. The second kappa shape index (κ2) is 6.17. The predicted molar refractivity (Wildman–Crippen MR) is 132 cm³/mol. The Kier molecular flexibility index (Phi) is 3.37. The lowest BCUT2D eigenvalue weighted by Gasteiger charge is -2.14. The van der Waals surface area contributed by atoms with Crippen molar-refractivity contribution in [2.75, 3.05) is 0 Å². The summed E-state index contributed by atoms with van der Waals surface area (Å²) in [6, 6.07) is 21.7. The average molecular weight is 412 g/mol. The first kappa shape index (κ1) is 17.5. The minimum atomic E-state index is 0.970. The van der Waals surface area contributed by atoms with E-state index in [9.17, 15) is 0 Å². The third-order valence-electron chi connectivity index (χ3n) is 6.69. The molecule has 0 aliphatic rings. The molecule has 0 unspecified atom stereocenters. The van der Waals surface area contributed by atoms with Crippen LogP contribution in [0.15, 0.2) is 79.3 Å². The van der Waals surface area contributed by atoms with Gasteiger partial charge in [0.2, 0.25) is 0 Å². The summed E-state index contributed by atoms with van der Waals surface area (Å²) in [5, 5.41) is 4.80. The zero-order valence-corrected chi connectivity index (χ0v) is 17.8. The fraction of sp³-hybridized carbons (Fsp3) is 0.0714. The lowest BCUT2D eigenvalue weighted by Crippen LogP contribution is -1.95. The molecule has 0 amide bonds. The van der Waals surface area contributed by atoms with E-state index in [1.165, 1.54) is 38.5 Å².